The predicted octanol–water partition coefficient (Wildman–Crippen LogP) is 2.62. The molecule has 1 unspecified atom stereocenters. The molecular formula is C14H20FNO2. The van der Waals surface area contributed by atoms with E-state index < -0.39 is 0 Å². The summed E-state index contributed by atoms with van der Waals surface area (Å²) in [7, 11) is 1.48. The SMILES string of the molecule is CCCN1CCOC(c2ccc(F)c(OC)c2)C1. The Kier molecular flexibility index (Phi) is 4.55. The highest BCUT2D eigenvalue weighted by atomic mass is 19.1. The minimum Gasteiger partial charge on any atom is -0.494 e. The Morgan fingerprint density at radius 1 is 1.50 bits per heavy atom. The number of rotatable bonds is 4. The van der Waals surface area contributed by atoms with Crippen LogP contribution in [0.2, 0.25) is 0 Å². The fourth-order valence-corrected chi connectivity index (χ4v) is 2.30. The third-order valence-electron chi connectivity index (χ3n) is 3.24. The zero-order chi connectivity index (χ0) is 13.0. The van der Waals surface area contributed by atoms with Crippen LogP contribution >= 0.6 is 0 Å². The number of hydrogen-bond acceptors (Lipinski definition) is 3. The van der Waals surface area contributed by atoms with Crippen LogP contribution < -0.4 is 4.74 Å². The van der Waals surface area contributed by atoms with Gasteiger partial charge in [-0.15, -0.1) is 0 Å². The van der Waals surface area contributed by atoms with Crippen LogP contribution in [0.4, 0.5) is 4.39 Å². The largest absolute Gasteiger partial charge is 0.494 e. The molecule has 0 aromatic heterocycles. The molecule has 4 heteroatoms. The van der Waals surface area contributed by atoms with Crippen molar-refractivity contribution in [1.29, 1.82) is 0 Å². The molecule has 0 bridgehead atoms. The average molecular weight is 253 g/mol. The topological polar surface area (TPSA) is 21.7 Å². The number of morpholine rings is 1. The van der Waals surface area contributed by atoms with Gasteiger partial charge in [-0.3, -0.25) is 4.90 Å². The van der Waals surface area contributed by atoms with Gasteiger partial charge in [-0.05, 0) is 30.7 Å². The highest BCUT2D eigenvalue weighted by Crippen LogP contribution is 2.27. The van der Waals surface area contributed by atoms with Crippen molar-refractivity contribution in [3.63, 3.8) is 0 Å². The highest BCUT2D eigenvalue weighted by Gasteiger charge is 2.22. The molecular weight excluding hydrogens is 233 g/mol. The van der Waals surface area contributed by atoms with Crippen molar-refractivity contribution < 1.29 is 13.9 Å². The van der Waals surface area contributed by atoms with Crippen molar-refractivity contribution in [2.24, 2.45) is 0 Å². The quantitative estimate of drug-likeness (QED) is 0.823. The summed E-state index contributed by atoms with van der Waals surface area (Å²) in [6.45, 7) is 5.82. The van der Waals surface area contributed by atoms with E-state index >= 15 is 0 Å². The molecule has 1 aromatic carbocycles. The van der Waals surface area contributed by atoms with Crippen LogP contribution in [0.3, 0.4) is 0 Å². The third-order valence-corrected chi connectivity index (χ3v) is 3.24. The maximum Gasteiger partial charge on any atom is 0.165 e. The molecule has 0 spiro atoms. The van der Waals surface area contributed by atoms with Crippen molar-refractivity contribution >= 4 is 0 Å². The highest BCUT2D eigenvalue weighted by molar-refractivity contribution is 5.32. The van der Waals surface area contributed by atoms with E-state index in [1.165, 1.54) is 13.2 Å². The Hall–Kier alpha value is -1.13. The van der Waals surface area contributed by atoms with Crippen LogP contribution in [0, 0.1) is 5.82 Å². The molecule has 0 radical (unpaired) electrons. The first kappa shape index (κ1) is 13.3. The monoisotopic (exact) mass is 253 g/mol. The zero-order valence-corrected chi connectivity index (χ0v) is 11.0. The van der Waals surface area contributed by atoms with Crippen molar-refractivity contribution in [1.82, 2.24) is 4.90 Å². The van der Waals surface area contributed by atoms with Gasteiger partial charge < -0.3 is 9.47 Å². The van der Waals surface area contributed by atoms with Crippen molar-refractivity contribution in [2.75, 3.05) is 33.4 Å². The second-order valence-corrected chi connectivity index (χ2v) is 4.55. The summed E-state index contributed by atoms with van der Waals surface area (Å²) < 4.78 is 24.1. The number of ether oxygens (including phenoxy) is 2. The second kappa shape index (κ2) is 6.16. The summed E-state index contributed by atoms with van der Waals surface area (Å²) in [4.78, 5) is 2.38. The van der Waals surface area contributed by atoms with Gasteiger partial charge in [0.25, 0.3) is 0 Å². The number of methoxy groups -OCH3 is 1. The molecule has 2 rings (SSSR count). The summed E-state index contributed by atoms with van der Waals surface area (Å²) in [6, 6.07) is 4.95. The van der Waals surface area contributed by atoms with E-state index in [1.54, 1.807) is 12.1 Å². The van der Waals surface area contributed by atoms with Crippen LogP contribution in [-0.4, -0.2) is 38.3 Å². The van der Waals surface area contributed by atoms with Gasteiger partial charge in [0, 0.05) is 13.1 Å². The Morgan fingerprint density at radius 3 is 3.06 bits per heavy atom. The van der Waals surface area contributed by atoms with Crippen LogP contribution in [0.15, 0.2) is 18.2 Å². The summed E-state index contributed by atoms with van der Waals surface area (Å²) >= 11 is 0. The molecule has 1 aromatic rings. The Bertz CT molecular complexity index is 395. The smallest absolute Gasteiger partial charge is 0.165 e. The predicted molar refractivity (Wildman–Crippen MR) is 68.4 cm³/mol. The number of halogens is 1. The van der Waals surface area contributed by atoms with Crippen molar-refractivity contribution in [2.45, 2.75) is 19.4 Å². The molecule has 1 fully saturated rings. The molecule has 0 amide bonds. The zero-order valence-electron chi connectivity index (χ0n) is 11.0. The number of nitrogens with zero attached hydrogens (tertiary/aromatic N) is 1. The van der Waals surface area contributed by atoms with E-state index in [4.69, 9.17) is 9.47 Å². The van der Waals surface area contributed by atoms with Gasteiger partial charge in [0.05, 0.1) is 19.8 Å². The first-order chi connectivity index (χ1) is 8.74. The molecule has 0 saturated carbocycles. The standard InChI is InChI=1S/C14H20FNO2/c1-3-6-16-7-8-18-14(10-16)11-4-5-12(15)13(9-11)17-2/h4-5,9,14H,3,6-8,10H2,1-2H3. The lowest BCUT2D eigenvalue weighted by Gasteiger charge is -2.33. The fourth-order valence-electron chi connectivity index (χ4n) is 2.30. The summed E-state index contributed by atoms with van der Waals surface area (Å²) in [5.74, 6) is -0.0498. The lowest BCUT2D eigenvalue weighted by Crippen LogP contribution is -2.38. The van der Waals surface area contributed by atoms with E-state index in [2.05, 4.69) is 11.8 Å². The minimum absolute atomic E-state index is 0.0137. The maximum atomic E-state index is 13.4. The van der Waals surface area contributed by atoms with E-state index in [0.29, 0.717) is 0 Å². The fraction of sp³-hybridized carbons (Fsp3) is 0.571. The Balaban J connectivity index is 2.10. The van der Waals surface area contributed by atoms with Gasteiger partial charge in [0.15, 0.2) is 11.6 Å². The van der Waals surface area contributed by atoms with Gasteiger partial charge in [-0.1, -0.05) is 13.0 Å². The van der Waals surface area contributed by atoms with Gasteiger partial charge in [-0.25, -0.2) is 4.39 Å². The van der Waals surface area contributed by atoms with E-state index in [1.807, 2.05) is 0 Å². The van der Waals surface area contributed by atoms with Crippen molar-refractivity contribution in [3.05, 3.63) is 29.6 Å². The van der Waals surface area contributed by atoms with Crippen LogP contribution in [0.1, 0.15) is 25.0 Å². The molecule has 1 aliphatic rings. The lowest BCUT2D eigenvalue weighted by atomic mass is 10.1. The molecule has 3 nitrogen and oxygen atoms in total. The van der Waals surface area contributed by atoms with Crippen molar-refractivity contribution in [3.8, 4) is 5.75 Å². The first-order valence-corrected chi connectivity index (χ1v) is 6.42. The molecule has 100 valence electrons. The van der Waals surface area contributed by atoms with Crippen LogP contribution in [0.25, 0.3) is 0 Å². The Morgan fingerprint density at radius 2 is 2.33 bits per heavy atom. The lowest BCUT2D eigenvalue weighted by molar-refractivity contribution is -0.0299. The minimum atomic E-state index is -0.331. The average Bonchev–Trinajstić information content (AvgIpc) is 2.40. The Labute approximate surface area is 107 Å². The normalized spacial score (nSPS) is 20.9. The van der Waals surface area contributed by atoms with Gasteiger partial charge in [0.2, 0.25) is 0 Å². The molecule has 18 heavy (non-hydrogen) atoms. The van der Waals surface area contributed by atoms with Gasteiger partial charge >= 0.3 is 0 Å². The number of hydrogen-bond donors (Lipinski definition) is 0. The van der Waals surface area contributed by atoms with Crippen LogP contribution in [-0.2, 0) is 4.74 Å². The van der Waals surface area contributed by atoms with Crippen LogP contribution in [0.5, 0.6) is 5.75 Å². The molecule has 1 aliphatic heterocycles. The second-order valence-electron chi connectivity index (χ2n) is 4.55. The summed E-state index contributed by atoms with van der Waals surface area (Å²) in [5.41, 5.74) is 0.981. The molecule has 1 heterocycles. The molecule has 1 atom stereocenters. The van der Waals surface area contributed by atoms with Gasteiger partial charge in [0.1, 0.15) is 0 Å². The van der Waals surface area contributed by atoms with E-state index in [0.717, 1.165) is 38.2 Å². The number of benzene rings is 1. The molecule has 1 saturated heterocycles. The maximum absolute atomic E-state index is 13.4. The first-order valence-electron chi connectivity index (χ1n) is 6.42. The van der Waals surface area contributed by atoms with E-state index in [-0.39, 0.29) is 17.7 Å². The van der Waals surface area contributed by atoms with Gasteiger partial charge in [-0.2, -0.15) is 0 Å². The summed E-state index contributed by atoms with van der Waals surface area (Å²) in [6.07, 6.45) is 1.15. The molecule has 0 aliphatic carbocycles. The summed E-state index contributed by atoms with van der Waals surface area (Å²) in [5, 5.41) is 0. The molecule has 0 N–H and O–H groups in total. The third kappa shape index (κ3) is 3.00. The van der Waals surface area contributed by atoms with E-state index in [9.17, 15) is 4.39 Å².